The maximum absolute atomic E-state index is 13.4. The number of nitrogens with zero attached hydrogens (tertiary/aromatic N) is 1. The van der Waals surface area contributed by atoms with E-state index in [9.17, 15) is 13.2 Å². The summed E-state index contributed by atoms with van der Waals surface area (Å²) >= 11 is 7.69. The molecule has 0 unspecified atom stereocenters. The van der Waals surface area contributed by atoms with Crippen molar-refractivity contribution in [2.24, 2.45) is 0 Å². The molecule has 8 heteroatoms. The third kappa shape index (κ3) is 7.26. The molecular formula is C26H29ClN2O3S2. The molecule has 0 aromatic heterocycles. The number of rotatable bonds is 11. The van der Waals surface area contributed by atoms with Gasteiger partial charge in [-0.2, -0.15) is 11.8 Å². The van der Waals surface area contributed by atoms with E-state index in [2.05, 4.69) is 5.32 Å². The Hall–Kier alpha value is -2.48. The number of aryl methyl sites for hydroxylation is 2. The third-order valence-electron chi connectivity index (χ3n) is 5.21. The summed E-state index contributed by atoms with van der Waals surface area (Å²) in [7, 11) is -3.90. The van der Waals surface area contributed by atoms with Crippen LogP contribution in [0.5, 0.6) is 0 Å². The molecule has 34 heavy (non-hydrogen) atoms. The van der Waals surface area contributed by atoms with E-state index >= 15 is 0 Å². The number of amides is 1. The van der Waals surface area contributed by atoms with Gasteiger partial charge in [0, 0.05) is 17.3 Å². The molecule has 0 aliphatic rings. The van der Waals surface area contributed by atoms with Gasteiger partial charge in [-0.25, -0.2) is 8.42 Å². The number of hydrogen-bond acceptors (Lipinski definition) is 4. The molecule has 0 saturated heterocycles. The first-order valence-electron chi connectivity index (χ1n) is 11.0. The van der Waals surface area contributed by atoms with Crippen molar-refractivity contribution in [2.75, 3.05) is 23.1 Å². The molecular weight excluding hydrogens is 488 g/mol. The van der Waals surface area contributed by atoms with Gasteiger partial charge in [0.1, 0.15) is 6.54 Å². The molecule has 180 valence electrons. The summed E-state index contributed by atoms with van der Waals surface area (Å²) in [6.45, 7) is 4.01. The molecule has 3 aromatic carbocycles. The third-order valence-corrected chi connectivity index (χ3v) is 8.35. The highest BCUT2D eigenvalue weighted by Gasteiger charge is 2.28. The van der Waals surface area contributed by atoms with Crippen molar-refractivity contribution in [2.45, 2.75) is 30.9 Å². The van der Waals surface area contributed by atoms with E-state index in [1.807, 2.05) is 50.2 Å². The largest absolute Gasteiger partial charge is 0.354 e. The van der Waals surface area contributed by atoms with Crippen LogP contribution in [0.2, 0.25) is 5.02 Å². The fourth-order valence-electron chi connectivity index (χ4n) is 3.46. The van der Waals surface area contributed by atoms with Crippen LogP contribution >= 0.6 is 23.4 Å². The molecule has 0 atom stereocenters. The second-order valence-corrected chi connectivity index (χ2v) is 11.4. The van der Waals surface area contributed by atoms with Crippen LogP contribution in [-0.2, 0) is 20.6 Å². The van der Waals surface area contributed by atoms with E-state index in [0.717, 1.165) is 34.1 Å². The van der Waals surface area contributed by atoms with Crippen molar-refractivity contribution in [1.29, 1.82) is 0 Å². The fourth-order valence-corrected chi connectivity index (χ4v) is 6.02. The highest BCUT2D eigenvalue weighted by molar-refractivity contribution is 7.98. The van der Waals surface area contributed by atoms with Gasteiger partial charge in [0.05, 0.1) is 10.6 Å². The summed E-state index contributed by atoms with van der Waals surface area (Å²) in [6.07, 6.45) is 0.791. The van der Waals surface area contributed by atoms with Gasteiger partial charge in [-0.1, -0.05) is 59.6 Å². The molecule has 1 amide bonds. The number of carbonyl (C=O) groups is 1. The first kappa shape index (κ1) is 26.1. The first-order chi connectivity index (χ1) is 16.3. The van der Waals surface area contributed by atoms with Gasteiger partial charge in [-0.3, -0.25) is 9.10 Å². The standard InChI is InChI=1S/C26H29ClN2O3S2/c1-20-9-14-25(21(2)17-20)29(34(31,32)24-7-4-3-5-8-24)18-26(30)28-15-6-16-33-19-22-10-12-23(27)13-11-22/h3-5,7-14,17H,6,15-16,18-19H2,1-2H3,(H,28,30). The molecule has 3 aromatic rings. The zero-order chi connectivity index (χ0) is 24.6. The summed E-state index contributed by atoms with van der Waals surface area (Å²) in [5.41, 5.74) is 3.53. The van der Waals surface area contributed by atoms with Crippen LogP contribution < -0.4 is 9.62 Å². The molecule has 0 fully saturated rings. The van der Waals surface area contributed by atoms with Crippen LogP contribution in [0.1, 0.15) is 23.1 Å². The van der Waals surface area contributed by atoms with E-state index in [1.54, 1.807) is 48.2 Å². The number of nitrogens with one attached hydrogen (secondary N) is 1. The van der Waals surface area contributed by atoms with E-state index in [0.29, 0.717) is 12.2 Å². The summed E-state index contributed by atoms with van der Waals surface area (Å²) in [6, 6.07) is 21.5. The number of anilines is 1. The highest BCUT2D eigenvalue weighted by atomic mass is 35.5. The van der Waals surface area contributed by atoms with Crippen LogP contribution in [0.4, 0.5) is 5.69 Å². The van der Waals surface area contributed by atoms with Gasteiger partial charge in [0.15, 0.2) is 0 Å². The molecule has 5 nitrogen and oxygen atoms in total. The topological polar surface area (TPSA) is 66.5 Å². The number of hydrogen-bond donors (Lipinski definition) is 1. The minimum absolute atomic E-state index is 0.154. The van der Waals surface area contributed by atoms with Gasteiger partial charge in [0.25, 0.3) is 10.0 Å². The predicted octanol–water partition coefficient (Wildman–Crippen LogP) is 5.59. The number of halogens is 1. The van der Waals surface area contributed by atoms with E-state index < -0.39 is 10.0 Å². The molecule has 0 bridgehead atoms. The van der Waals surface area contributed by atoms with Gasteiger partial charge in [-0.05, 0) is 67.5 Å². The Labute approximate surface area is 211 Å². The van der Waals surface area contributed by atoms with Gasteiger partial charge in [-0.15, -0.1) is 0 Å². The van der Waals surface area contributed by atoms with Crippen molar-refractivity contribution < 1.29 is 13.2 Å². The first-order valence-corrected chi connectivity index (χ1v) is 14.0. The smallest absolute Gasteiger partial charge is 0.264 e. The van der Waals surface area contributed by atoms with Crippen molar-refractivity contribution in [1.82, 2.24) is 5.32 Å². The van der Waals surface area contributed by atoms with Crippen LogP contribution in [0, 0.1) is 13.8 Å². The van der Waals surface area contributed by atoms with E-state index in [-0.39, 0.29) is 17.3 Å². The van der Waals surface area contributed by atoms with Crippen LogP contribution in [0.3, 0.4) is 0 Å². The lowest BCUT2D eigenvalue weighted by molar-refractivity contribution is -0.119. The lowest BCUT2D eigenvalue weighted by atomic mass is 10.1. The second-order valence-electron chi connectivity index (χ2n) is 8.00. The minimum atomic E-state index is -3.90. The Morgan fingerprint density at radius 1 is 1.00 bits per heavy atom. The van der Waals surface area contributed by atoms with Crippen LogP contribution in [-0.4, -0.2) is 33.2 Å². The van der Waals surface area contributed by atoms with Gasteiger partial charge in [0.2, 0.25) is 5.91 Å². The summed E-state index contributed by atoms with van der Waals surface area (Å²) in [4.78, 5) is 12.9. The van der Waals surface area contributed by atoms with Crippen LogP contribution in [0.15, 0.2) is 77.7 Å². The minimum Gasteiger partial charge on any atom is -0.354 e. The molecule has 3 rings (SSSR count). The Morgan fingerprint density at radius 3 is 2.38 bits per heavy atom. The van der Waals surface area contributed by atoms with Crippen molar-refractivity contribution in [3.05, 3.63) is 94.5 Å². The van der Waals surface area contributed by atoms with E-state index in [4.69, 9.17) is 11.6 Å². The summed E-state index contributed by atoms with van der Waals surface area (Å²) in [5, 5.41) is 3.59. The zero-order valence-corrected chi connectivity index (χ0v) is 21.7. The number of sulfonamides is 1. The Bertz CT molecular complexity index is 1200. The Kier molecular flexibility index (Phi) is 9.45. The predicted molar refractivity (Wildman–Crippen MR) is 142 cm³/mol. The lowest BCUT2D eigenvalue weighted by Crippen LogP contribution is -2.41. The maximum Gasteiger partial charge on any atom is 0.264 e. The van der Waals surface area contributed by atoms with Crippen LogP contribution in [0.25, 0.3) is 0 Å². The normalized spacial score (nSPS) is 11.3. The summed E-state index contributed by atoms with van der Waals surface area (Å²) < 4.78 is 28.0. The highest BCUT2D eigenvalue weighted by Crippen LogP contribution is 2.27. The molecule has 1 N–H and O–H groups in total. The fraction of sp³-hybridized carbons (Fsp3) is 0.269. The van der Waals surface area contributed by atoms with Crippen molar-refractivity contribution in [3.8, 4) is 0 Å². The summed E-state index contributed by atoms with van der Waals surface area (Å²) in [5.74, 6) is 1.43. The zero-order valence-electron chi connectivity index (χ0n) is 19.3. The lowest BCUT2D eigenvalue weighted by Gasteiger charge is -2.26. The van der Waals surface area contributed by atoms with E-state index in [1.165, 1.54) is 9.87 Å². The number of thioether (sulfide) groups is 1. The molecule has 0 spiro atoms. The second kappa shape index (κ2) is 12.3. The molecule has 0 radical (unpaired) electrons. The maximum atomic E-state index is 13.4. The van der Waals surface area contributed by atoms with Crippen molar-refractivity contribution in [3.63, 3.8) is 0 Å². The molecule has 0 aliphatic heterocycles. The van der Waals surface area contributed by atoms with Gasteiger partial charge < -0.3 is 5.32 Å². The number of carbonyl (C=O) groups excluding carboxylic acids is 1. The SMILES string of the molecule is Cc1ccc(N(CC(=O)NCCCSCc2ccc(Cl)cc2)S(=O)(=O)c2ccccc2)c(C)c1. The Morgan fingerprint density at radius 2 is 1.71 bits per heavy atom. The quantitative estimate of drug-likeness (QED) is 0.337. The van der Waals surface area contributed by atoms with Crippen molar-refractivity contribution >= 4 is 45.0 Å². The van der Waals surface area contributed by atoms with Gasteiger partial charge >= 0.3 is 0 Å². The average molecular weight is 517 g/mol. The Balaban J connectivity index is 1.60. The molecule has 0 saturated carbocycles. The monoisotopic (exact) mass is 516 g/mol. The average Bonchev–Trinajstić information content (AvgIpc) is 2.82. The number of benzene rings is 3. The molecule has 0 aliphatic carbocycles. The molecule has 0 heterocycles.